The molecule has 0 amide bonds. The standard InChI is InChI=1S/C20H22O4/c1-4-24-14-16-13-15(10-12-19(16)22-2)9-11-18(21)17-7-5-6-8-20(17)23-3/h5-13H,4,14H2,1-3H3/b11-9+. The molecule has 0 bridgehead atoms. The molecule has 0 aromatic heterocycles. The van der Waals surface area contributed by atoms with Crippen molar-refractivity contribution in [1.29, 1.82) is 0 Å². The number of benzene rings is 2. The van der Waals surface area contributed by atoms with Crippen LogP contribution in [0.25, 0.3) is 6.08 Å². The van der Waals surface area contributed by atoms with Crippen LogP contribution in [-0.2, 0) is 11.3 Å². The van der Waals surface area contributed by atoms with Crippen LogP contribution in [0.5, 0.6) is 11.5 Å². The summed E-state index contributed by atoms with van der Waals surface area (Å²) in [6.07, 6.45) is 3.33. The Morgan fingerprint density at radius 1 is 1.04 bits per heavy atom. The fourth-order valence-electron chi connectivity index (χ4n) is 2.34. The van der Waals surface area contributed by atoms with E-state index in [-0.39, 0.29) is 5.78 Å². The summed E-state index contributed by atoms with van der Waals surface area (Å²) in [4.78, 5) is 12.4. The average Bonchev–Trinajstić information content (AvgIpc) is 2.64. The first kappa shape index (κ1) is 17.8. The predicted molar refractivity (Wildman–Crippen MR) is 94.7 cm³/mol. The Balaban J connectivity index is 2.20. The van der Waals surface area contributed by atoms with E-state index in [0.717, 1.165) is 16.9 Å². The lowest BCUT2D eigenvalue weighted by Gasteiger charge is -2.09. The third-order valence-corrected chi connectivity index (χ3v) is 3.57. The van der Waals surface area contributed by atoms with Crippen LogP contribution < -0.4 is 9.47 Å². The molecular formula is C20H22O4. The molecular weight excluding hydrogens is 304 g/mol. The van der Waals surface area contributed by atoms with E-state index in [2.05, 4.69) is 0 Å². The Hall–Kier alpha value is -2.59. The average molecular weight is 326 g/mol. The number of ketones is 1. The summed E-state index contributed by atoms with van der Waals surface area (Å²) in [6.45, 7) is 3.06. The van der Waals surface area contributed by atoms with E-state index in [1.165, 1.54) is 0 Å². The van der Waals surface area contributed by atoms with Crippen molar-refractivity contribution in [2.75, 3.05) is 20.8 Å². The number of methoxy groups -OCH3 is 2. The maximum Gasteiger partial charge on any atom is 0.189 e. The molecule has 0 fully saturated rings. The Kier molecular flexibility index (Phi) is 6.58. The third-order valence-electron chi connectivity index (χ3n) is 3.57. The van der Waals surface area contributed by atoms with Gasteiger partial charge in [-0.15, -0.1) is 0 Å². The molecule has 2 rings (SSSR count). The predicted octanol–water partition coefficient (Wildman–Crippen LogP) is 4.14. The van der Waals surface area contributed by atoms with Gasteiger partial charge in [0.1, 0.15) is 11.5 Å². The summed E-state index contributed by atoms with van der Waals surface area (Å²) in [5.74, 6) is 1.24. The van der Waals surface area contributed by atoms with Crippen LogP contribution in [0.2, 0.25) is 0 Å². The molecule has 0 saturated carbocycles. The highest BCUT2D eigenvalue weighted by Gasteiger charge is 2.08. The minimum absolute atomic E-state index is 0.102. The monoisotopic (exact) mass is 326 g/mol. The molecule has 0 N–H and O–H groups in total. The van der Waals surface area contributed by atoms with Gasteiger partial charge < -0.3 is 14.2 Å². The molecule has 0 aliphatic rings. The molecule has 0 atom stereocenters. The number of carbonyl (C=O) groups is 1. The van der Waals surface area contributed by atoms with E-state index < -0.39 is 0 Å². The Morgan fingerprint density at radius 2 is 1.79 bits per heavy atom. The number of hydrogen-bond donors (Lipinski definition) is 0. The molecule has 4 nitrogen and oxygen atoms in total. The molecule has 0 aliphatic carbocycles. The minimum Gasteiger partial charge on any atom is -0.496 e. The molecule has 2 aromatic carbocycles. The van der Waals surface area contributed by atoms with Crippen molar-refractivity contribution in [3.8, 4) is 11.5 Å². The van der Waals surface area contributed by atoms with Crippen LogP contribution in [0, 0.1) is 0 Å². The maximum absolute atomic E-state index is 12.4. The van der Waals surface area contributed by atoms with Crippen LogP contribution >= 0.6 is 0 Å². The molecule has 0 aliphatic heterocycles. The summed E-state index contributed by atoms with van der Waals surface area (Å²) in [6, 6.07) is 12.9. The number of allylic oxidation sites excluding steroid dienone is 1. The van der Waals surface area contributed by atoms with Crippen molar-refractivity contribution in [2.24, 2.45) is 0 Å². The second kappa shape index (κ2) is 8.89. The van der Waals surface area contributed by atoms with E-state index >= 15 is 0 Å². The van der Waals surface area contributed by atoms with E-state index in [0.29, 0.717) is 24.5 Å². The first-order valence-corrected chi connectivity index (χ1v) is 7.79. The smallest absolute Gasteiger partial charge is 0.189 e. The number of para-hydroxylation sites is 1. The molecule has 0 radical (unpaired) electrons. The van der Waals surface area contributed by atoms with E-state index in [1.54, 1.807) is 38.5 Å². The SMILES string of the molecule is CCOCc1cc(/C=C/C(=O)c2ccccc2OC)ccc1OC. The molecule has 126 valence electrons. The molecule has 24 heavy (non-hydrogen) atoms. The fraction of sp³-hybridized carbons (Fsp3) is 0.250. The van der Waals surface area contributed by atoms with Gasteiger partial charge in [-0.3, -0.25) is 4.79 Å². The van der Waals surface area contributed by atoms with Crippen LogP contribution in [0.15, 0.2) is 48.5 Å². The van der Waals surface area contributed by atoms with Crippen molar-refractivity contribution in [3.63, 3.8) is 0 Å². The van der Waals surface area contributed by atoms with Crippen LogP contribution in [0.3, 0.4) is 0 Å². The molecule has 0 unspecified atom stereocenters. The van der Waals surface area contributed by atoms with E-state index in [4.69, 9.17) is 14.2 Å². The Labute approximate surface area is 142 Å². The van der Waals surface area contributed by atoms with Gasteiger partial charge in [0, 0.05) is 12.2 Å². The first-order valence-electron chi connectivity index (χ1n) is 7.79. The zero-order chi connectivity index (χ0) is 17.4. The lowest BCUT2D eigenvalue weighted by atomic mass is 10.1. The van der Waals surface area contributed by atoms with Crippen LogP contribution in [0.1, 0.15) is 28.4 Å². The van der Waals surface area contributed by atoms with Gasteiger partial charge in [0.2, 0.25) is 0 Å². The summed E-state index contributed by atoms with van der Waals surface area (Å²) in [5.41, 5.74) is 2.40. The van der Waals surface area contributed by atoms with Gasteiger partial charge >= 0.3 is 0 Å². The summed E-state index contributed by atoms with van der Waals surface area (Å²) in [7, 11) is 3.19. The summed E-state index contributed by atoms with van der Waals surface area (Å²) < 4.78 is 16.0. The molecule has 4 heteroatoms. The van der Waals surface area contributed by atoms with Gasteiger partial charge in [0.15, 0.2) is 5.78 Å². The maximum atomic E-state index is 12.4. The number of carbonyl (C=O) groups excluding carboxylic acids is 1. The largest absolute Gasteiger partial charge is 0.496 e. The Morgan fingerprint density at radius 3 is 2.50 bits per heavy atom. The number of ether oxygens (including phenoxy) is 3. The van der Waals surface area contributed by atoms with Crippen molar-refractivity contribution in [3.05, 3.63) is 65.2 Å². The van der Waals surface area contributed by atoms with Crippen molar-refractivity contribution in [2.45, 2.75) is 13.5 Å². The van der Waals surface area contributed by atoms with Gasteiger partial charge in [-0.2, -0.15) is 0 Å². The second-order valence-electron chi connectivity index (χ2n) is 5.11. The van der Waals surface area contributed by atoms with Crippen LogP contribution in [-0.4, -0.2) is 26.6 Å². The van der Waals surface area contributed by atoms with Crippen molar-refractivity contribution < 1.29 is 19.0 Å². The zero-order valence-electron chi connectivity index (χ0n) is 14.2. The number of rotatable bonds is 8. The lowest BCUT2D eigenvalue weighted by Crippen LogP contribution is -1.99. The molecule has 0 heterocycles. The topological polar surface area (TPSA) is 44.8 Å². The van der Waals surface area contributed by atoms with E-state index in [9.17, 15) is 4.79 Å². The molecule has 0 spiro atoms. The van der Waals surface area contributed by atoms with Crippen molar-refractivity contribution >= 4 is 11.9 Å². The normalized spacial score (nSPS) is 10.8. The third kappa shape index (κ3) is 4.46. The first-order chi connectivity index (χ1) is 11.7. The summed E-state index contributed by atoms with van der Waals surface area (Å²) >= 11 is 0. The van der Waals surface area contributed by atoms with E-state index in [1.807, 2.05) is 37.3 Å². The van der Waals surface area contributed by atoms with Gasteiger partial charge in [0.25, 0.3) is 0 Å². The second-order valence-corrected chi connectivity index (χ2v) is 5.11. The van der Waals surface area contributed by atoms with Crippen LogP contribution in [0.4, 0.5) is 0 Å². The highest BCUT2D eigenvalue weighted by molar-refractivity contribution is 6.08. The highest BCUT2D eigenvalue weighted by Crippen LogP contribution is 2.22. The highest BCUT2D eigenvalue weighted by atomic mass is 16.5. The quantitative estimate of drug-likeness (QED) is 0.540. The summed E-state index contributed by atoms with van der Waals surface area (Å²) in [5, 5.41) is 0. The molecule has 0 saturated heterocycles. The minimum atomic E-state index is -0.102. The van der Waals surface area contributed by atoms with Gasteiger partial charge in [0.05, 0.1) is 26.4 Å². The van der Waals surface area contributed by atoms with Gasteiger partial charge in [-0.1, -0.05) is 24.3 Å². The Bertz CT molecular complexity index is 719. The lowest BCUT2D eigenvalue weighted by molar-refractivity contribution is 0.104. The number of hydrogen-bond acceptors (Lipinski definition) is 4. The van der Waals surface area contributed by atoms with Crippen molar-refractivity contribution in [1.82, 2.24) is 0 Å². The fourth-order valence-corrected chi connectivity index (χ4v) is 2.34. The van der Waals surface area contributed by atoms with Gasteiger partial charge in [-0.25, -0.2) is 0 Å². The van der Waals surface area contributed by atoms with Gasteiger partial charge in [-0.05, 0) is 42.8 Å². The zero-order valence-corrected chi connectivity index (χ0v) is 14.2. The molecule has 2 aromatic rings.